The molecule has 0 aromatic heterocycles. The molecule has 1 atom stereocenters. The summed E-state index contributed by atoms with van der Waals surface area (Å²) in [5.74, 6) is 0. The minimum atomic E-state index is -4.27. The molecule has 0 amide bonds. The van der Waals surface area contributed by atoms with Crippen LogP contribution in [0.1, 0.15) is 30.4 Å². The zero-order valence-electron chi connectivity index (χ0n) is 13.9. The summed E-state index contributed by atoms with van der Waals surface area (Å²) in [4.78, 5) is 4.77. The second kappa shape index (κ2) is 7.85. The number of halogens is 3. The molecule has 0 saturated carbocycles. The van der Waals surface area contributed by atoms with E-state index in [0.29, 0.717) is 12.6 Å². The highest BCUT2D eigenvalue weighted by molar-refractivity contribution is 5.25. The summed E-state index contributed by atoms with van der Waals surface area (Å²) in [5.41, 5.74) is 0.195. The Morgan fingerprint density at radius 1 is 1.08 bits per heavy atom. The van der Waals surface area contributed by atoms with Crippen molar-refractivity contribution in [3.05, 3.63) is 35.4 Å². The van der Waals surface area contributed by atoms with Crippen LogP contribution < -0.4 is 0 Å². The van der Waals surface area contributed by atoms with Gasteiger partial charge >= 0.3 is 6.18 Å². The van der Waals surface area contributed by atoms with Crippen molar-refractivity contribution in [2.24, 2.45) is 0 Å². The quantitative estimate of drug-likeness (QED) is 0.834. The van der Waals surface area contributed by atoms with E-state index in [1.54, 1.807) is 6.07 Å². The van der Waals surface area contributed by atoms with Crippen LogP contribution in [0.5, 0.6) is 0 Å². The molecule has 2 aliphatic rings. The molecule has 2 saturated heterocycles. The molecule has 2 heterocycles. The molecule has 0 aliphatic carbocycles. The SMILES string of the molecule is FC(F)(F)c1cccc(CN2CCCC[C@H]2CN2CCOCC2)c1. The van der Waals surface area contributed by atoms with E-state index in [4.69, 9.17) is 4.74 Å². The van der Waals surface area contributed by atoms with Crippen LogP contribution in [0, 0.1) is 0 Å². The van der Waals surface area contributed by atoms with Gasteiger partial charge < -0.3 is 4.74 Å². The first-order chi connectivity index (χ1) is 11.5. The van der Waals surface area contributed by atoms with Gasteiger partial charge in [0.05, 0.1) is 18.8 Å². The Hall–Kier alpha value is -1.11. The number of piperidine rings is 1. The van der Waals surface area contributed by atoms with Gasteiger partial charge in [0.15, 0.2) is 0 Å². The molecule has 0 unspecified atom stereocenters. The van der Waals surface area contributed by atoms with E-state index >= 15 is 0 Å². The van der Waals surface area contributed by atoms with Crippen LogP contribution in [0.3, 0.4) is 0 Å². The monoisotopic (exact) mass is 342 g/mol. The number of nitrogens with zero attached hydrogens (tertiary/aromatic N) is 2. The van der Waals surface area contributed by atoms with Crippen molar-refractivity contribution in [3.8, 4) is 0 Å². The summed E-state index contributed by atoms with van der Waals surface area (Å²) in [5, 5.41) is 0. The first kappa shape index (κ1) is 17.7. The Balaban J connectivity index is 1.65. The van der Waals surface area contributed by atoms with Gasteiger partial charge in [0, 0.05) is 32.2 Å². The van der Waals surface area contributed by atoms with Crippen LogP contribution in [0.25, 0.3) is 0 Å². The summed E-state index contributed by atoms with van der Waals surface area (Å²) in [7, 11) is 0. The average molecular weight is 342 g/mol. The van der Waals surface area contributed by atoms with Gasteiger partial charge in [-0.25, -0.2) is 0 Å². The highest BCUT2D eigenvalue weighted by Gasteiger charge is 2.31. The van der Waals surface area contributed by atoms with Gasteiger partial charge in [-0.15, -0.1) is 0 Å². The number of hydrogen-bond donors (Lipinski definition) is 0. The fourth-order valence-corrected chi connectivity index (χ4v) is 3.64. The number of hydrogen-bond acceptors (Lipinski definition) is 3. The van der Waals surface area contributed by atoms with Gasteiger partial charge in [0.1, 0.15) is 0 Å². The molecule has 2 fully saturated rings. The standard InChI is InChI=1S/C18H25F3N2O/c19-18(20,21)16-5-3-4-15(12-16)13-23-7-2-1-6-17(23)14-22-8-10-24-11-9-22/h3-5,12,17H,1-2,6-11,13-14H2/t17-/m0/s1. The van der Waals surface area contributed by atoms with E-state index < -0.39 is 11.7 Å². The Kier molecular flexibility index (Phi) is 5.79. The Labute approximate surface area is 141 Å². The van der Waals surface area contributed by atoms with Crippen molar-refractivity contribution in [2.75, 3.05) is 39.4 Å². The van der Waals surface area contributed by atoms with E-state index in [9.17, 15) is 13.2 Å². The molecular formula is C18H25F3N2O. The summed E-state index contributed by atoms with van der Waals surface area (Å²) < 4.78 is 44.1. The van der Waals surface area contributed by atoms with Gasteiger partial charge in [-0.1, -0.05) is 24.6 Å². The van der Waals surface area contributed by atoms with Crippen LogP contribution in [0.15, 0.2) is 24.3 Å². The van der Waals surface area contributed by atoms with Crippen molar-refractivity contribution >= 4 is 0 Å². The van der Waals surface area contributed by atoms with Gasteiger partial charge in [0.2, 0.25) is 0 Å². The third kappa shape index (κ3) is 4.71. The smallest absolute Gasteiger partial charge is 0.379 e. The zero-order chi connectivity index (χ0) is 17.0. The van der Waals surface area contributed by atoms with Crippen molar-refractivity contribution in [3.63, 3.8) is 0 Å². The lowest BCUT2D eigenvalue weighted by atomic mass is 10.00. The largest absolute Gasteiger partial charge is 0.416 e. The lowest BCUT2D eigenvalue weighted by Crippen LogP contribution is -2.49. The lowest BCUT2D eigenvalue weighted by Gasteiger charge is -2.39. The lowest BCUT2D eigenvalue weighted by molar-refractivity contribution is -0.137. The number of benzene rings is 1. The number of alkyl halides is 3. The average Bonchev–Trinajstić information content (AvgIpc) is 2.57. The molecule has 134 valence electrons. The fraction of sp³-hybridized carbons (Fsp3) is 0.667. The molecule has 3 nitrogen and oxygen atoms in total. The van der Waals surface area contributed by atoms with E-state index in [2.05, 4.69) is 9.80 Å². The predicted octanol–water partition coefficient (Wildman–Crippen LogP) is 3.39. The summed E-state index contributed by atoms with van der Waals surface area (Å²) in [6.07, 6.45) is -0.825. The molecule has 2 aliphatic heterocycles. The van der Waals surface area contributed by atoms with Crippen LogP contribution in [-0.4, -0.2) is 55.2 Å². The molecular weight excluding hydrogens is 317 g/mol. The maximum absolute atomic E-state index is 12.9. The first-order valence-electron chi connectivity index (χ1n) is 8.73. The number of ether oxygens (including phenoxy) is 1. The maximum atomic E-state index is 12.9. The van der Waals surface area contributed by atoms with Crippen molar-refractivity contribution in [1.29, 1.82) is 0 Å². The molecule has 0 spiro atoms. The topological polar surface area (TPSA) is 15.7 Å². The normalized spacial score (nSPS) is 24.2. The minimum absolute atomic E-state index is 0.423. The number of likely N-dealkylation sites (tertiary alicyclic amines) is 1. The Bertz CT molecular complexity index is 529. The maximum Gasteiger partial charge on any atom is 0.416 e. The molecule has 0 bridgehead atoms. The summed E-state index contributed by atoms with van der Waals surface area (Å²) in [6.45, 7) is 6.01. The van der Waals surface area contributed by atoms with Crippen molar-refractivity contribution < 1.29 is 17.9 Å². The van der Waals surface area contributed by atoms with Crippen molar-refractivity contribution in [2.45, 2.75) is 38.0 Å². The van der Waals surface area contributed by atoms with Crippen LogP contribution >= 0.6 is 0 Å². The molecule has 0 radical (unpaired) electrons. The third-order valence-corrected chi connectivity index (χ3v) is 4.96. The van der Waals surface area contributed by atoms with Crippen LogP contribution in [0.2, 0.25) is 0 Å². The zero-order valence-corrected chi connectivity index (χ0v) is 13.9. The summed E-state index contributed by atoms with van der Waals surface area (Å²) >= 11 is 0. The Morgan fingerprint density at radius 2 is 1.88 bits per heavy atom. The third-order valence-electron chi connectivity index (χ3n) is 4.96. The molecule has 3 rings (SSSR count). The predicted molar refractivity (Wildman–Crippen MR) is 86.8 cm³/mol. The number of rotatable bonds is 4. The highest BCUT2D eigenvalue weighted by atomic mass is 19.4. The van der Waals surface area contributed by atoms with E-state index in [1.165, 1.54) is 18.6 Å². The first-order valence-corrected chi connectivity index (χ1v) is 8.73. The van der Waals surface area contributed by atoms with Crippen LogP contribution in [-0.2, 0) is 17.5 Å². The summed E-state index contributed by atoms with van der Waals surface area (Å²) in [6, 6.07) is 6.17. The van der Waals surface area contributed by atoms with E-state index in [-0.39, 0.29) is 0 Å². The minimum Gasteiger partial charge on any atom is -0.379 e. The van der Waals surface area contributed by atoms with Gasteiger partial charge in [-0.2, -0.15) is 13.2 Å². The molecule has 6 heteroatoms. The molecule has 24 heavy (non-hydrogen) atoms. The molecule has 1 aromatic rings. The highest BCUT2D eigenvalue weighted by Crippen LogP contribution is 2.30. The number of morpholine rings is 1. The van der Waals surface area contributed by atoms with Crippen LogP contribution in [0.4, 0.5) is 13.2 Å². The van der Waals surface area contributed by atoms with Crippen molar-refractivity contribution in [1.82, 2.24) is 9.80 Å². The second-order valence-electron chi connectivity index (χ2n) is 6.73. The second-order valence-corrected chi connectivity index (χ2v) is 6.73. The van der Waals surface area contributed by atoms with E-state index in [1.807, 2.05) is 0 Å². The molecule has 1 aromatic carbocycles. The Morgan fingerprint density at radius 3 is 2.62 bits per heavy atom. The van der Waals surface area contributed by atoms with Gasteiger partial charge in [-0.05, 0) is 31.0 Å². The molecule has 0 N–H and O–H groups in total. The van der Waals surface area contributed by atoms with E-state index in [0.717, 1.165) is 63.9 Å². The van der Waals surface area contributed by atoms with Gasteiger partial charge in [0.25, 0.3) is 0 Å². The fourth-order valence-electron chi connectivity index (χ4n) is 3.64. The van der Waals surface area contributed by atoms with Gasteiger partial charge in [-0.3, -0.25) is 9.80 Å².